The fourth-order valence-corrected chi connectivity index (χ4v) is 5.72. The third-order valence-electron chi connectivity index (χ3n) is 6.88. The van der Waals surface area contributed by atoms with E-state index >= 15 is 0 Å². The van der Waals surface area contributed by atoms with E-state index in [0.29, 0.717) is 58.9 Å². The van der Waals surface area contributed by atoms with Crippen LogP contribution in [0.5, 0.6) is 0 Å². The molecule has 3 fully saturated rings. The van der Waals surface area contributed by atoms with Gasteiger partial charge in [-0.1, -0.05) is 24.3 Å². The zero-order valence-corrected chi connectivity index (χ0v) is 19.3. The predicted octanol–water partition coefficient (Wildman–Crippen LogP) is 1.89. The number of morpholine rings is 1. The van der Waals surface area contributed by atoms with Gasteiger partial charge in [0, 0.05) is 31.9 Å². The smallest absolute Gasteiger partial charge is 0.263 e. The van der Waals surface area contributed by atoms with Crippen molar-refractivity contribution in [2.75, 3.05) is 57.5 Å². The van der Waals surface area contributed by atoms with Gasteiger partial charge in [0.05, 0.1) is 24.8 Å². The number of thiophene rings is 1. The minimum absolute atomic E-state index is 0.0174. The van der Waals surface area contributed by atoms with E-state index in [0.717, 1.165) is 10.6 Å². The van der Waals surface area contributed by atoms with Crippen LogP contribution in [0.2, 0.25) is 0 Å². The number of carbonyl (C=O) groups is 3. The van der Waals surface area contributed by atoms with Crippen LogP contribution >= 0.6 is 11.3 Å². The molecule has 0 unspecified atom stereocenters. The van der Waals surface area contributed by atoms with Gasteiger partial charge in [0.15, 0.2) is 0 Å². The second-order valence-electron chi connectivity index (χ2n) is 8.70. The molecule has 9 heteroatoms. The molecule has 8 nitrogen and oxygen atoms in total. The number of carbonyl (C=O) groups excluding carboxylic acids is 3. The summed E-state index contributed by atoms with van der Waals surface area (Å²) >= 11 is 1.44. The van der Waals surface area contributed by atoms with Crippen molar-refractivity contribution in [3.8, 4) is 0 Å². The minimum atomic E-state index is -0.737. The highest BCUT2D eigenvalue weighted by Gasteiger charge is 2.54. The van der Waals surface area contributed by atoms with Gasteiger partial charge in [-0.2, -0.15) is 0 Å². The van der Waals surface area contributed by atoms with E-state index in [1.165, 1.54) is 11.3 Å². The molecule has 3 aliphatic rings. The summed E-state index contributed by atoms with van der Waals surface area (Å²) in [5.74, 6) is -0.0332. The van der Waals surface area contributed by atoms with Crippen molar-refractivity contribution in [2.45, 2.75) is 18.4 Å². The first kappa shape index (κ1) is 21.9. The number of rotatable bonds is 4. The molecule has 5 rings (SSSR count). The molecule has 3 amide bonds. The number of para-hydroxylation sites is 1. The molecule has 0 bridgehead atoms. The Morgan fingerprint density at radius 1 is 0.939 bits per heavy atom. The number of benzene rings is 1. The van der Waals surface area contributed by atoms with Gasteiger partial charge in [-0.15, -0.1) is 11.3 Å². The van der Waals surface area contributed by atoms with E-state index in [-0.39, 0.29) is 24.3 Å². The van der Waals surface area contributed by atoms with Gasteiger partial charge in [0.25, 0.3) is 11.8 Å². The first-order valence-corrected chi connectivity index (χ1v) is 12.3. The molecule has 0 saturated carbocycles. The van der Waals surface area contributed by atoms with Crippen molar-refractivity contribution in [3.63, 3.8) is 0 Å². The fraction of sp³-hybridized carbons (Fsp3) is 0.458. The summed E-state index contributed by atoms with van der Waals surface area (Å²) in [6.07, 6.45) is 1.08. The highest BCUT2D eigenvalue weighted by atomic mass is 32.1. The average Bonchev–Trinajstić information content (AvgIpc) is 3.49. The SMILES string of the molecule is O=C(CN1CN(c2ccccc2)C2(CCN(C(=O)c3cccs3)CC2)C1=O)N1CCOCC1. The number of piperidine rings is 1. The highest BCUT2D eigenvalue weighted by Crippen LogP contribution is 2.39. The van der Waals surface area contributed by atoms with E-state index in [9.17, 15) is 14.4 Å². The number of likely N-dealkylation sites (tertiary alicyclic amines) is 1. The van der Waals surface area contributed by atoms with Crippen LogP contribution in [0, 0.1) is 0 Å². The number of hydrogen-bond donors (Lipinski definition) is 0. The quantitative estimate of drug-likeness (QED) is 0.685. The maximum absolute atomic E-state index is 13.8. The monoisotopic (exact) mass is 468 g/mol. The molecule has 33 heavy (non-hydrogen) atoms. The Morgan fingerprint density at radius 3 is 2.33 bits per heavy atom. The topological polar surface area (TPSA) is 73.4 Å². The van der Waals surface area contributed by atoms with Crippen molar-refractivity contribution in [1.29, 1.82) is 0 Å². The van der Waals surface area contributed by atoms with Crippen molar-refractivity contribution in [3.05, 3.63) is 52.7 Å². The van der Waals surface area contributed by atoms with Gasteiger partial charge < -0.3 is 24.3 Å². The molecule has 0 atom stereocenters. The van der Waals surface area contributed by atoms with Gasteiger partial charge in [0.1, 0.15) is 12.1 Å². The molecule has 0 N–H and O–H groups in total. The lowest BCUT2D eigenvalue weighted by Gasteiger charge is -2.43. The van der Waals surface area contributed by atoms with Crippen LogP contribution in [0.15, 0.2) is 47.8 Å². The van der Waals surface area contributed by atoms with E-state index < -0.39 is 5.54 Å². The first-order chi connectivity index (χ1) is 16.1. The van der Waals surface area contributed by atoms with Crippen molar-refractivity contribution in [2.24, 2.45) is 0 Å². The number of ether oxygens (including phenoxy) is 1. The molecule has 174 valence electrons. The Hall–Kier alpha value is -2.91. The average molecular weight is 469 g/mol. The lowest BCUT2D eigenvalue weighted by atomic mass is 9.85. The highest BCUT2D eigenvalue weighted by molar-refractivity contribution is 7.12. The molecule has 0 aliphatic carbocycles. The summed E-state index contributed by atoms with van der Waals surface area (Å²) in [7, 11) is 0. The second-order valence-corrected chi connectivity index (χ2v) is 9.65. The molecule has 3 aliphatic heterocycles. The van der Waals surface area contributed by atoms with Gasteiger partial charge in [0.2, 0.25) is 5.91 Å². The number of hydrogen-bond acceptors (Lipinski definition) is 6. The normalized spacial score (nSPS) is 20.5. The lowest BCUT2D eigenvalue weighted by molar-refractivity contribution is -0.143. The van der Waals surface area contributed by atoms with Crippen molar-refractivity contribution >= 4 is 34.7 Å². The van der Waals surface area contributed by atoms with Crippen LogP contribution in [0.3, 0.4) is 0 Å². The summed E-state index contributed by atoms with van der Waals surface area (Å²) in [5, 5.41) is 1.90. The van der Waals surface area contributed by atoms with Crippen molar-refractivity contribution in [1.82, 2.24) is 14.7 Å². The van der Waals surface area contributed by atoms with Crippen LogP contribution in [0.25, 0.3) is 0 Å². The van der Waals surface area contributed by atoms with Crippen LogP contribution in [-0.4, -0.2) is 90.6 Å². The first-order valence-electron chi connectivity index (χ1n) is 11.4. The molecule has 2 aromatic rings. The molecule has 1 aromatic carbocycles. The Balaban J connectivity index is 1.35. The van der Waals surface area contributed by atoms with Gasteiger partial charge in [-0.05, 0) is 36.4 Å². The molecule has 3 saturated heterocycles. The Bertz CT molecular complexity index is 999. The number of amides is 3. The molecule has 0 radical (unpaired) electrons. The van der Waals surface area contributed by atoms with E-state index in [2.05, 4.69) is 4.90 Å². The van der Waals surface area contributed by atoms with Crippen molar-refractivity contribution < 1.29 is 19.1 Å². The molecule has 4 heterocycles. The fourth-order valence-electron chi connectivity index (χ4n) is 5.03. The summed E-state index contributed by atoms with van der Waals surface area (Å²) < 4.78 is 5.35. The van der Waals surface area contributed by atoms with E-state index in [1.54, 1.807) is 9.80 Å². The molecule has 1 aromatic heterocycles. The Labute approximate surface area is 197 Å². The van der Waals surface area contributed by atoms with E-state index in [1.807, 2.05) is 52.7 Å². The summed E-state index contributed by atoms with van der Waals surface area (Å²) in [5.41, 5.74) is 0.226. The van der Waals surface area contributed by atoms with Crippen LogP contribution < -0.4 is 4.90 Å². The lowest BCUT2D eigenvalue weighted by Crippen LogP contribution is -2.57. The number of anilines is 1. The largest absolute Gasteiger partial charge is 0.378 e. The van der Waals surface area contributed by atoms with E-state index in [4.69, 9.17) is 4.74 Å². The summed E-state index contributed by atoms with van der Waals surface area (Å²) in [6, 6.07) is 13.6. The molecular weight excluding hydrogens is 440 g/mol. The third kappa shape index (κ3) is 4.11. The van der Waals surface area contributed by atoms with Gasteiger partial charge >= 0.3 is 0 Å². The Kier molecular flexibility index (Phi) is 6.07. The van der Waals surface area contributed by atoms with Gasteiger partial charge in [-0.25, -0.2) is 0 Å². The molecule has 1 spiro atoms. The van der Waals surface area contributed by atoms with Gasteiger partial charge in [-0.3, -0.25) is 14.4 Å². The maximum Gasteiger partial charge on any atom is 0.263 e. The summed E-state index contributed by atoms with van der Waals surface area (Å²) in [6.45, 7) is 3.66. The Morgan fingerprint density at radius 2 is 1.67 bits per heavy atom. The standard InChI is InChI=1S/C24H28N4O4S/c29-21(25-12-14-32-15-13-25)17-27-18-28(19-5-2-1-3-6-19)24(23(27)31)8-10-26(11-9-24)22(30)20-7-4-16-33-20/h1-7,16H,8-15,17-18H2. The number of nitrogens with zero attached hydrogens (tertiary/aromatic N) is 4. The molecular formula is C24H28N4O4S. The maximum atomic E-state index is 13.8. The predicted molar refractivity (Wildman–Crippen MR) is 125 cm³/mol. The summed E-state index contributed by atoms with van der Waals surface area (Å²) in [4.78, 5) is 47.7. The zero-order chi connectivity index (χ0) is 22.8. The zero-order valence-electron chi connectivity index (χ0n) is 18.5. The third-order valence-corrected chi connectivity index (χ3v) is 7.74. The van der Waals surface area contributed by atoms with Crippen LogP contribution in [0.4, 0.5) is 5.69 Å². The second kappa shape index (κ2) is 9.15. The minimum Gasteiger partial charge on any atom is -0.378 e. The van der Waals surface area contributed by atoms with Crippen LogP contribution in [-0.2, 0) is 14.3 Å². The van der Waals surface area contributed by atoms with Crippen LogP contribution in [0.1, 0.15) is 22.5 Å².